The zero-order valence-electron chi connectivity index (χ0n) is 18.9. The van der Waals surface area contributed by atoms with E-state index in [4.69, 9.17) is 0 Å². The van der Waals surface area contributed by atoms with E-state index in [1.165, 1.54) is 56.3 Å². The predicted octanol–water partition coefficient (Wildman–Crippen LogP) is 6.27. The average molecular weight is 487 g/mol. The topological polar surface area (TPSA) is 68.1 Å². The van der Waals surface area contributed by atoms with Gasteiger partial charge in [0.2, 0.25) is 0 Å². The molecule has 1 aromatic rings. The summed E-state index contributed by atoms with van der Waals surface area (Å²) in [6.07, 6.45) is 0.386. The Bertz CT molecular complexity index is 1140. The molecule has 1 aromatic carbocycles. The van der Waals surface area contributed by atoms with Crippen molar-refractivity contribution in [3.63, 3.8) is 0 Å². The third kappa shape index (κ3) is 7.81. The van der Waals surface area contributed by atoms with Gasteiger partial charge in [-0.15, -0.1) is 0 Å². The van der Waals surface area contributed by atoms with Crippen LogP contribution in [-0.2, 0) is 14.5 Å². The smallest absolute Gasteiger partial charge is 0.468 e. The van der Waals surface area contributed by atoms with E-state index in [1.54, 1.807) is 13.0 Å². The predicted molar refractivity (Wildman–Crippen MR) is 124 cm³/mol. The number of carbonyl (C=O) groups is 1. The van der Waals surface area contributed by atoms with Crippen molar-refractivity contribution < 1.29 is 31.3 Å². The first kappa shape index (κ1) is 28.0. The molecule has 33 heavy (non-hydrogen) atoms. The number of alkyl halides is 4. The summed E-state index contributed by atoms with van der Waals surface area (Å²) in [5.41, 5.74) is 0.252. The van der Waals surface area contributed by atoms with E-state index in [-0.39, 0.29) is 27.3 Å². The van der Waals surface area contributed by atoms with Crippen LogP contribution in [0.5, 0.6) is 0 Å². The Balaban J connectivity index is 3.62. The van der Waals surface area contributed by atoms with Crippen LogP contribution in [-0.4, -0.2) is 41.7 Å². The molecule has 180 valence electrons. The van der Waals surface area contributed by atoms with Crippen molar-refractivity contribution in [1.82, 2.24) is 0 Å². The van der Waals surface area contributed by atoms with Crippen molar-refractivity contribution in [2.24, 2.45) is 9.36 Å². The average Bonchev–Trinajstić information content (AvgIpc) is 2.72. The quantitative estimate of drug-likeness (QED) is 0.198. The number of aliphatic imine (C=N–C) groups is 1. The highest BCUT2D eigenvalue weighted by molar-refractivity contribution is 7.97. The summed E-state index contributed by atoms with van der Waals surface area (Å²) in [6.45, 7) is 7.91. The molecule has 0 heterocycles. The van der Waals surface area contributed by atoms with Crippen molar-refractivity contribution in [2.75, 3.05) is 13.4 Å². The highest BCUT2D eigenvalue weighted by Crippen LogP contribution is 2.27. The third-order valence-electron chi connectivity index (χ3n) is 4.25. The lowest BCUT2D eigenvalue weighted by Gasteiger charge is -2.12. The Morgan fingerprint density at radius 1 is 1.27 bits per heavy atom. The molecule has 5 nitrogen and oxygen atoms in total. The number of nitrogens with zero attached hydrogens (tertiary/aromatic N) is 2. The molecule has 1 unspecified atom stereocenters. The molecule has 0 aliphatic rings. The second-order valence-corrected chi connectivity index (χ2v) is 9.10. The lowest BCUT2D eigenvalue weighted by Crippen LogP contribution is -2.24. The van der Waals surface area contributed by atoms with Gasteiger partial charge >= 0.3 is 6.18 Å². The molecule has 0 aliphatic carbocycles. The van der Waals surface area contributed by atoms with Crippen molar-refractivity contribution in [1.29, 1.82) is 0 Å². The van der Waals surface area contributed by atoms with Gasteiger partial charge in [-0.2, -0.15) is 17.5 Å². The minimum Gasteiger partial charge on any atom is -0.478 e. The number of hydrogen-bond acceptors (Lipinski definition) is 4. The van der Waals surface area contributed by atoms with Gasteiger partial charge < -0.3 is 4.74 Å². The number of halogens is 4. The number of amides is 1. The summed E-state index contributed by atoms with van der Waals surface area (Å²) in [5, 5.41) is 0. The maximum atomic E-state index is 14.0. The summed E-state index contributed by atoms with van der Waals surface area (Å²) in [5.74, 6) is -2.40. The highest BCUT2D eigenvalue weighted by atomic mass is 32.2. The Morgan fingerprint density at radius 3 is 2.36 bits per heavy atom. The SMILES string of the molecule is C=C/C(C)=C(/N=C(\OC)C(F)(F)F)c1cccc(C(=O)N=S(C)(=O)/C(=C/C=C\C)[C@H](C)F)c1. The van der Waals surface area contributed by atoms with Gasteiger partial charge in [0.25, 0.3) is 11.8 Å². The number of benzene rings is 1. The minimum absolute atomic E-state index is 0.0606. The van der Waals surface area contributed by atoms with Crippen LogP contribution >= 0.6 is 0 Å². The van der Waals surface area contributed by atoms with Gasteiger partial charge in [-0.3, -0.25) is 4.79 Å². The molecule has 0 saturated heterocycles. The van der Waals surface area contributed by atoms with Crippen LogP contribution in [0.25, 0.3) is 5.70 Å². The molecule has 10 heteroatoms. The Kier molecular flexibility index (Phi) is 9.97. The maximum Gasteiger partial charge on any atom is 0.468 e. The Morgan fingerprint density at radius 2 is 1.88 bits per heavy atom. The summed E-state index contributed by atoms with van der Waals surface area (Å²) in [7, 11) is -2.56. The molecule has 0 spiro atoms. The second kappa shape index (κ2) is 11.7. The largest absolute Gasteiger partial charge is 0.478 e. The van der Waals surface area contributed by atoms with E-state index in [9.17, 15) is 26.6 Å². The third-order valence-corrected chi connectivity index (χ3v) is 6.10. The first-order valence-corrected chi connectivity index (χ1v) is 11.6. The van der Waals surface area contributed by atoms with Crippen LogP contribution in [0.3, 0.4) is 0 Å². The Hall–Kier alpha value is -3.01. The van der Waals surface area contributed by atoms with Crippen LogP contribution in [0.15, 0.2) is 75.0 Å². The molecule has 0 bridgehead atoms. The molecule has 0 saturated carbocycles. The Labute approximate surface area is 191 Å². The lowest BCUT2D eigenvalue weighted by atomic mass is 10.0. The molecule has 0 fully saturated rings. The van der Waals surface area contributed by atoms with E-state index in [2.05, 4.69) is 20.7 Å². The molecule has 0 aromatic heterocycles. The van der Waals surface area contributed by atoms with Crippen LogP contribution < -0.4 is 0 Å². The monoisotopic (exact) mass is 486 g/mol. The van der Waals surface area contributed by atoms with E-state index in [1.807, 2.05) is 0 Å². The molecular formula is C23H26F4N2O3S. The second-order valence-electron chi connectivity index (χ2n) is 6.85. The van der Waals surface area contributed by atoms with Gasteiger partial charge in [-0.05, 0) is 44.6 Å². The zero-order valence-corrected chi connectivity index (χ0v) is 19.8. The van der Waals surface area contributed by atoms with Crippen molar-refractivity contribution in [3.8, 4) is 0 Å². The number of rotatable bonds is 7. The van der Waals surface area contributed by atoms with Gasteiger partial charge in [0.15, 0.2) is 0 Å². The van der Waals surface area contributed by atoms with Crippen LogP contribution in [0.1, 0.15) is 36.7 Å². The van der Waals surface area contributed by atoms with E-state index in [0.717, 1.165) is 13.4 Å². The van der Waals surface area contributed by atoms with Crippen molar-refractivity contribution >= 4 is 27.2 Å². The highest BCUT2D eigenvalue weighted by Gasteiger charge is 2.38. The van der Waals surface area contributed by atoms with E-state index >= 15 is 0 Å². The van der Waals surface area contributed by atoms with Gasteiger partial charge in [-0.1, -0.05) is 36.9 Å². The normalized spacial score (nSPS) is 16.6. The van der Waals surface area contributed by atoms with Gasteiger partial charge in [0, 0.05) is 17.4 Å². The summed E-state index contributed by atoms with van der Waals surface area (Å²) in [6, 6.07) is 5.46. The van der Waals surface area contributed by atoms with E-state index in [0.29, 0.717) is 0 Å². The lowest BCUT2D eigenvalue weighted by molar-refractivity contribution is -0.0754. The van der Waals surface area contributed by atoms with Gasteiger partial charge in [0.05, 0.1) is 27.4 Å². The number of methoxy groups -OCH3 is 1. The van der Waals surface area contributed by atoms with Crippen LogP contribution in [0.2, 0.25) is 0 Å². The molecule has 0 aliphatic heterocycles. The maximum absolute atomic E-state index is 14.0. The number of ether oxygens (including phenoxy) is 1. The number of hydrogen-bond donors (Lipinski definition) is 0. The fourth-order valence-electron chi connectivity index (χ4n) is 2.62. The first-order valence-electron chi connectivity index (χ1n) is 9.65. The minimum atomic E-state index is -4.84. The fourth-order valence-corrected chi connectivity index (χ4v) is 4.08. The van der Waals surface area contributed by atoms with E-state index < -0.39 is 33.9 Å². The molecular weight excluding hydrogens is 460 g/mol. The molecule has 2 atom stereocenters. The standard InChI is InChI=1S/C23H26F4N2O3S/c1-7-9-13-19(16(4)24)33(6,31)29-21(30)18-12-10-11-17(14-18)20(15(3)8-2)28-22(32-5)23(25,26)27/h7-14,16H,2H2,1,3-6H3/b9-7-,19-13+,20-15+,28-22-/t16-,33?/m0/s1. The van der Waals surface area contributed by atoms with Gasteiger partial charge in [-0.25, -0.2) is 13.6 Å². The molecule has 1 rings (SSSR count). The molecule has 0 N–H and O–H groups in total. The van der Waals surface area contributed by atoms with Crippen molar-refractivity contribution in [3.05, 3.63) is 76.8 Å². The summed E-state index contributed by atoms with van der Waals surface area (Å²) >= 11 is 0. The summed E-state index contributed by atoms with van der Waals surface area (Å²) in [4.78, 5) is 16.1. The summed E-state index contributed by atoms with van der Waals surface area (Å²) < 4.78 is 74.5. The van der Waals surface area contributed by atoms with Crippen LogP contribution in [0, 0.1) is 0 Å². The first-order chi connectivity index (χ1) is 15.3. The van der Waals surface area contributed by atoms with Gasteiger partial charge in [0.1, 0.15) is 6.17 Å². The van der Waals surface area contributed by atoms with Crippen molar-refractivity contribution in [2.45, 2.75) is 33.1 Å². The number of carbonyl (C=O) groups excluding carboxylic acids is 1. The molecule has 1 amide bonds. The molecule has 0 radical (unpaired) electrons. The van der Waals surface area contributed by atoms with Crippen LogP contribution in [0.4, 0.5) is 17.6 Å². The zero-order chi connectivity index (χ0) is 25.4. The fraction of sp³-hybridized carbons (Fsp3) is 0.304. The number of allylic oxidation sites excluding steroid dienone is 6.